The molecule has 0 aliphatic carbocycles. The molecule has 0 saturated heterocycles. The van der Waals surface area contributed by atoms with Crippen molar-refractivity contribution in [1.29, 1.82) is 0 Å². The molecule has 66 valence electrons. The van der Waals surface area contributed by atoms with E-state index in [1.807, 2.05) is 43.9 Å². The van der Waals surface area contributed by atoms with Gasteiger partial charge in [0.25, 0.3) is 0 Å². The lowest BCUT2D eigenvalue weighted by Crippen LogP contribution is -2.25. The van der Waals surface area contributed by atoms with Crippen molar-refractivity contribution in [3.63, 3.8) is 0 Å². The Labute approximate surface area is 73.2 Å². The molecule has 0 amide bonds. The number of aryl methyl sites for hydroxylation is 1. The van der Waals surface area contributed by atoms with Gasteiger partial charge in [-0.15, -0.1) is 0 Å². The largest absolute Gasteiger partial charge is 0.357 e. The lowest BCUT2D eigenvalue weighted by molar-refractivity contribution is -0.121. The van der Waals surface area contributed by atoms with Gasteiger partial charge < -0.3 is 4.57 Å². The molecule has 1 aromatic rings. The van der Waals surface area contributed by atoms with Crippen LogP contribution in [0.15, 0.2) is 18.5 Å². The number of hydrogen-bond donors (Lipinski definition) is 0. The zero-order valence-electron chi connectivity index (χ0n) is 8.09. The zero-order valence-corrected chi connectivity index (χ0v) is 8.09. The summed E-state index contributed by atoms with van der Waals surface area (Å²) < 4.78 is 1.96. The Hall–Kier alpha value is -1.05. The lowest BCUT2D eigenvalue weighted by Gasteiger charge is -2.19. The van der Waals surface area contributed by atoms with Crippen LogP contribution in [0.3, 0.4) is 0 Å². The Morgan fingerprint density at radius 2 is 2.08 bits per heavy atom. The highest BCUT2D eigenvalue weighted by atomic mass is 16.1. The maximum Gasteiger partial charge on any atom is 0.139 e. The maximum absolute atomic E-state index is 11.3. The Balaban J connectivity index is 3.05. The number of ketones is 1. The minimum atomic E-state index is -0.346. The number of Topliss-reactive ketones (excluding diaryl/α,β-unsaturated/α-hetero) is 1. The molecule has 2 nitrogen and oxygen atoms in total. The summed E-state index contributed by atoms with van der Waals surface area (Å²) in [5.41, 5.74) is 0.735. The molecule has 0 aliphatic rings. The second-order valence-electron chi connectivity index (χ2n) is 3.75. The molecule has 2 heteroatoms. The summed E-state index contributed by atoms with van der Waals surface area (Å²) in [7, 11) is 1.96. The van der Waals surface area contributed by atoms with Gasteiger partial charge in [-0.05, 0) is 32.4 Å². The number of carbonyl (C=O) groups is 1. The van der Waals surface area contributed by atoms with Gasteiger partial charge in [0.15, 0.2) is 0 Å². The van der Waals surface area contributed by atoms with Crippen LogP contribution in [0.1, 0.15) is 26.3 Å². The van der Waals surface area contributed by atoms with E-state index < -0.39 is 0 Å². The fourth-order valence-corrected chi connectivity index (χ4v) is 1.08. The van der Waals surface area contributed by atoms with Crippen LogP contribution in [-0.4, -0.2) is 10.4 Å². The van der Waals surface area contributed by atoms with Crippen molar-refractivity contribution in [2.45, 2.75) is 26.2 Å². The van der Waals surface area contributed by atoms with E-state index in [0.717, 1.165) is 5.56 Å². The van der Waals surface area contributed by atoms with Crippen LogP contribution < -0.4 is 0 Å². The molecule has 0 bridgehead atoms. The first-order valence-electron chi connectivity index (χ1n) is 4.08. The Morgan fingerprint density at radius 3 is 2.42 bits per heavy atom. The van der Waals surface area contributed by atoms with Gasteiger partial charge in [-0.2, -0.15) is 0 Å². The zero-order chi connectivity index (χ0) is 9.35. The van der Waals surface area contributed by atoms with Gasteiger partial charge in [-0.1, -0.05) is 0 Å². The molecule has 0 N–H and O–H groups in total. The van der Waals surface area contributed by atoms with Crippen LogP contribution >= 0.6 is 0 Å². The second-order valence-corrected chi connectivity index (χ2v) is 3.75. The molecule has 1 rings (SSSR count). The van der Waals surface area contributed by atoms with Gasteiger partial charge in [-0.25, -0.2) is 0 Å². The highest BCUT2D eigenvalue weighted by molar-refractivity contribution is 5.86. The van der Waals surface area contributed by atoms with Crippen molar-refractivity contribution in [3.8, 4) is 0 Å². The first-order valence-corrected chi connectivity index (χ1v) is 4.08. The number of carbonyl (C=O) groups excluding carboxylic acids is 1. The van der Waals surface area contributed by atoms with Crippen molar-refractivity contribution in [2.24, 2.45) is 7.05 Å². The monoisotopic (exact) mass is 165 g/mol. The van der Waals surface area contributed by atoms with Crippen LogP contribution in [0.25, 0.3) is 0 Å². The molecule has 0 atom stereocenters. The normalized spacial score (nSPS) is 11.7. The van der Waals surface area contributed by atoms with Crippen molar-refractivity contribution < 1.29 is 4.79 Å². The third kappa shape index (κ3) is 1.42. The van der Waals surface area contributed by atoms with Gasteiger partial charge in [-0.3, -0.25) is 4.79 Å². The summed E-state index contributed by atoms with van der Waals surface area (Å²) in [6.45, 7) is 5.53. The van der Waals surface area contributed by atoms with Crippen LogP contribution in [0.4, 0.5) is 0 Å². The number of aromatic nitrogens is 1. The Kier molecular flexibility index (Phi) is 2.09. The Bertz CT molecular complexity index is 297. The van der Waals surface area contributed by atoms with Gasteiger partial charge in [0.1, 0.15) is 5.78 Å². The fourth-order valence-electron chi connectivity index (χ4n) is 1.08. The molecule has 0 radical (unpaired) electrons. The summed E-state index contributed by atoms with van der Waals surface area (Å²) in [5, 5.41) is 0. The summed E-state index contributed by atoms with van der Waals surface area (Å²) in [6.07, 6.45) is 3.95. The SMILES string of the molecule is CC(=O)C(C)(C)c1ccn(C)c1. The molecule has 0 unspecified atom stereocenters. The van der Waals surface area contributed by atoms with Crippen molar-refractivity contribution in [2.75, 3.05) is 0 Å². The van der Waals surface area contributed by atoms with Gasteiger partial charge in [0.2, 0.25) is 0 Å². The molecule has 0 aliphatic heterocycles. The number of rotatable bonds is 2. The van der Waals surface area contributed by atoms with Crippen LogP contribution in [0.5, 0.6) is 0 Å². The average Bonchev–Trinajstić information content (AvgIpc) is 2.35. The molecule has 1 heterocycles. The standard InChI is InChI=1S/C10H15NO/c1-8(12)10(2,3)9-5-6-11(4)7-9/h5-7H,1-4H3. The van der Waals surface area contributed by atoms with E-state index in [0.29, 0.717) is 0 Å². The predicted octanol–water partition coefficient (Wildman–Crippen LogP) is 1.89. The second kappa shape index (κ2) is 2.77. The molecule has 12 heavy (non-hydrogen) atoms. The van der Waals surface area contributed by atoms with E-state index in [-0.39, 0.29) is 11.2 Å². The van der Waals surface area contributed by atoms with E-state index in [2.05, 4.69) is 0 Å². The summed E-state index contributed by atoms with van der Waals surface area (Å²) in [4.78, 5) is 11.3. The van der Waals surface area contributed by atoms with Crippen molar-refractivity contribution >= 4 is 5.78 Å². The third-order valence-corrected chi connectivity index (χ3v) is 2.43. The van der Waals surface area contributed by atoms with Crippen LogP contribution in [-0.2, 0) is 17.3 Å². The molecule has 1 aromatic heterocycles. The van der Waals surface area contributed by atoms with E-state index in [1.54, 1.807) is 6.92 Å². The minimum Gasteiger partial charge on any atom is -0.357 e. The predicted molar refractivity (Wildman–Crippen MR) is 49.1 cm³/mol. The van der Waals surface area contributed by atoms with Crippen LogP contribution in [0, 0.1) is 0 Å². The molecule has 0 saturated carbocycles. The van der Waals surface area contributed by atoms with Crippen molar-refractivity contribution in [1.82, 2.24) is 4.57 Å². The molecular formula is C10H15NO. The first kappa shape index (κ1) is 9.04. The number of hydrogen-bond acceptors (Lipinski definition) is 1. The molecule has 0 aromatic carbocycles. The summed E-state index contributed by atoms with van der Waals surface area (Å²) in [5.74, 6) is 0.203. The average molecular weight is 165 g/mol. The van der Waals surface area contributed by atoms with Crippen molar-refractivity contribution in [3.05, 3.63) is 24.0 Å². The van der Waals surface area contributed by atoms with Gasteiger partial charge in [0, 0.05) is 24.9 Å². The number of nitrogens with zero attached hydrogens (tertiary/aromatic N) is 1. The van der Waals surface area contributed by atoms with Gasteiger partial charge >= 0.3 is 0 Å². The maximum atomic E-state index is 11.3. The molecule has 0 spiro atoms. The van der Waals surface area contributed by atoms with E-state index >= 15 is 0 Å². The molecular weight excluding hydrogens is 150 g/mol. The van der Waals surface area contributed by atoms with E-state index in [4.69, 9.17) is 0 Å². The lowest BCUT2D eigenvalue weighted by atomic mass is 9.83. The minimum absolute atomic E-state index is 0.203. The first-order chi connectivity index (χ1) is 5.44. The molecule has 0 fully saturated rings. The van der Waals surface area contributed by atoms with Gasteiger partial charge in [0.05, 0.1) is 0 Å². The third-order valence-electron chi connectivity index (χ3n) is 2.43. The quantitative estimate of drug-likeness (QED) is 0.656. The summed E-state index contributed by atoms with van der Waals surface area (Å²) in [6, 6.07) is 1.99. The smallest absolute Gasteiger partial charge is 0.139 e. The highest BCUT2D eigenvalue weighted by Gasteiger charge is 2.26. The Morgan fingerprint density at radius 1 is 1.50 bits per heavy atom. The van der Waals surface area contributed by atoms with E-state index in [9.17, 15) is 4.79 Å². The highest BCUT2D eigenvalue weighted by Crippen LogP contribution is 2.23. The topological polar surface area (TPSA) is 22.0 Å². The summed E-state index contributed by atoms with van der Waals surface area (Å²) >= 11 is 0. The van der Waals surface area contributed by atoms with E-state index in [1.165, 1.54) is 0 Å². The van der Waals surface area contributed by atoms with Crippen LogP contribution in [0.2, 0.25) is 0 Å². The fraction of sp³-hybridized carbons (Fsp3) is 0.500.